The van der Waals surface area contributed by atoms with Gasteiger partial charge in [0.05, 0.1) is 11.0 Å². The van der Waals surface area contributed by atoms with Gasteiger partial charge in [-0.1, -0.05) is 12.1 Å². The summed E-state index contributed by atoms with van der Waals surface area (Å²) < 4.78 is 7.32. The van der Waals surface area contributed by atoms with Crippen molar-refractivity contribution in [2.24, 2.45) is 17.8 Å². The number of hydrogen-bond acceptors (Lipinski definition) is 5. The van der Waals surface area contributed by atoms with Gasteiger partial charge in [0.15, 0.2) is 0 Å². The molecule has 0 atom stereocenters. The summed E-state index contributed by atoms with van der Waals surface area (Å²) in [6.07, 6.45) is 9.87. The molecule has 38 heavy (non-hydrogen) atoms. The SMILES string of the molecule is Cc1cc(/C=C2/SC(=O)N(CC(=O)OC(C)C)C2=O)c(C)n1-c1ccc(C23CC4CC(CC(C4)C2)C3)cc1. The highest BCUT2D eigenvalue weighted by atomic mass is 32.2. The van der Waals surface area contributed by atoms with E-state index in [-0.39, 0.29) is 12.6 Å². The van der Waals surface area contributed by atoms with Crippen LogP contribution >= 0.6 is 11.8 Å². The van der Waals surface area contributed by atoms with E-state index in [4.69, 9.17) is 4.74 Å². The third kappa shape index (κ3) is 4.42. The first-order valence-electron chi connectivity index (χ1n) is 13.9. The smallest absolute Gasteiger partial charge is 0.326 e. The summed E-state index contributed by atoms with van der Waals surface area (Å²) in [5.74, 6) is 1.73. The molecule has 5 aliphatic rings. The lowest BCUT2D eigenvalue weighted by Gasteiger charge is -2.57. The number of rotatable bonds is 6. The van der Waals surface area contributed by atoms with Gasteiger partial charge in [-0.05, 0) is 137 Å². The van der Waals surface area contributed by atoms with Crippen LogP contribution in [0.25, 0.3) is 11.8 Å². The number of amides is 2. The third-order valence-electron chi connectivity index (χ3n) is 9.06. The standard InChI is InChI=1S/C31H36N2O4S/c1-18(2)37-28(34)17-32-29(35)27(38-30(32)36)13-24-9-19(3)33(20(24)4)26-7-5-25(6-8-26)31-14-21-10-22(15-31)12-23(11-21)16-31/h5-9,13,18,21-23H,10-12,14-17H2,1-4H3/b27-13+. The maximum atomic E-state index is 12.9. The minimum Gasteiger partial charge on any atom is -0.462 e. The summed E-state index contributed by atoms with van der Waals surface area (Å²) in [6, 6.07) is 11.2. The van der Waals surface area contributed by atoms with E-state index in [1.807, 2.05) is 13.0 Å². The van der Waals surface area contributed by atoms with E-state index in [0.29, 0.717) is 10.3 Å². The number of aryl methyl sites for hydroxylation is 1. The Morgan fingerprint density at radius 1 is 1.05 bits per heavy atom. The Labute approximate surface area is 228 Å². The van der Waals surface area contributed by atoms with Gasteiger partial charge in [0.1, 0.15) is 6.54 Å². The highest BCUT2D eigenvalue weighted by Crippen LogP contribution is 2.60. The molecule has 0 spiro atoms. The van der Waals surface area contributed by atoms with Crippen LogP contribution < -0.4 is 0 Å². The van der Waals surface area contributed by atoms with E-state index < -0.39 is 17.1 Å². The van der Waals surface area contributed by atoms with Crippen LogP contribution in [0.5, 0.6) is 0 Å². The number of carbonyl (C=O) groups excluding carboxylic acids is 3. The summed E-state index contributed by atoms with van der Waals surface area (Å²) in [5, 5.41) is -0.448. The first-order valence-corrected chi connectivity index (χ1v) is 14.7. The third-order valence-corrected chi connectivity index (χ3v) is 9.97. The van der Waals surface area contributed by atoms with Crippen molar-refractivity contribution in [3.63, 3.8) is 0 Å². The zero-order valence-electron chi connectivity index (χ0n) is 22.7. The molecule has 1 aliphatic heterocycles. The van der Waals surface area contributed by atoms with Crippen LogP contribution in [-0.2, 0) is 19.7 Å². The summed E-state index contributed by atoms with van der Waals surface area (Å²) in [6.45, 7) is 7.20. The molecule has 1 saturated heterocycles. The predicted octanol–water partition coefficient (Wildman–Crippen LogP) is 6.55. The van der Waals surface area contributed by atoms with Crippen molar-refractivity contribution in [1.29, 1.82) is 0 Å². The van der Waals surface area contributed by atoms with Crippen LogP contribution in [0.15, 0.2) is 35.2 Å². The highest BCUT2D eigenvalue weighted by molar-refractivity contribution is 8.18. The van der Waals surface area contributed by atoms with Crippen LogP contribution in [-0.4, -0.2) is 39.2 Å². The molecule has 5 fully saturated rings. The number of esters is 1. The molecule has 1 aromatic carbocycles. The Bertz CT molecular complexity index is 1300. The minimum atomic E-state index is -0.585. The van der Waals surface area contributed by atoms with Gasteiger partial charge in [-0.2, -0.15) is 0 Å². The van der Waals surface area contributed by atoms with E-state index >= 15 is 0 Å². The molecule has 0 unspecified atom stereocenters. The molecule has 7 heteroatoms. The largest absolute Gasteiger partial charge is 0.462 e. The van der Waals surface area contributed by atoms with E-state index in [1.54, 1.807) is 19.9 Å². The molecule has 6 nitrogen and oxygen atoms in total. The van der Waals surface area contributed by atoms with Crippen molar-refractivity contribution in [2.75, 3.05) is 6.54 Å². The van der Waals surface area contributed by atoms with Crippen molar-refractivity contribution in [2.45, 2.75) is 77.7 Å². The van der Waals surface area contributed by atoms with Gasteiger partial charge in [-0.15, -0.1) is 0 Å². The molecule has 200 valence electrons. The van der Waals surface area contributed by atoms with E-state index in [1.165, 1.54) is 44.1 Å². The van der Waals surface area contributed by atoms with Gasteiger partial charge in [0, 0.05) is 17.1 Å². The molecule has 2 heterocycles. The normalized spacial score (nSPS) is 29.2. The molecule has 1 aromatic heterocycles. The predicted molar refractivity (Wildman–Crippen MR) is 149 cm³/mol. The first-order chi connectivity index (χ1) is 18.1. The molecular formula is C31H36N2O4S. The second-order valence-corrected chi connectivity index (χ2v) is 13.2. The molecular weight excluding hydrogens is 496 g/mol. The number of benzene rings is 1. The van der Waals surface area contributed by atoms with E-state index in [0.717, 1.165) is 57.1 Å². The Morgan fingerprint density at radius 2 is 1.66 bits per heavy atom. The minimum absolute atomic E-state index is 0.301. The second kappa shape index (κ2) is 9.44. The summed E-state index contributed by atoms with van der Waals surface area (Å²) in [7, 11) is 0. The fourth-order valence-electron chi connectivity index (χ4n) is 7.97. The number of imide groups is 1. The van der Waals surface area contributed by atoms with Crippen molar-refractivity contribution in [3.8, 4) is 5.69 Å². The maximum absolute atomic E-state index is 12.9. The highest BCUT2D eigenvalue weighted by Gasteiger charge is 2.51. The van der Waals surface area contributed by atoms with Crippen LogP contribution in [0.3, 0.4) is 0 Å². The van der Waals surface area contributed by atoms with Crippen molar-refractivity contribution in [1.82, 2.24) is 9.47 Å². The molecule has 4 saturated carbocycles. The Hall–Kier alpha value is -2.80. The van der Waals surface area contributed by atoms with Gasteiger partial charge < -0.3 is 9.30 Å². The molecule has 0 N–H and O–H groups in total. The Kier molecular flexibility index (Phi) is 6.33. The average Bonchev–Trinajstić information content (AvgIpc) is 3.26. The number of ether oxygens (including phenoxy) is 1. The van der Waals surface area contributed by atoms with Crippen LogP contribution in [0.1, 0.15) is 74.9 Å². The number of aromatic nitrogens is 1. The van der Waals surface area contributed by atoms with Crippen molar-refractivity contribution < 1.29 is 19.1 Å². The van der Waals surface area contributed by atoms with Gasteiger partial charge in [0.2, 0.25) is 0 Å². The molecule has 0 radical (unpaired) electrons. The Morgan fingerprint density at radius 3 is 2.24 bits per heavy atom. The fraction of sp³-hybridized carbons (Fsp3) is 0.516. The number of nitrogens with zero attached hydrogens (tertiary/aromatic N) is 2. The number of hydrogen-bond donors (Lipinski definition) is 0. The van der Waals surface area contributed by atoms with Crippen LogP contribution in [0.2, 0.25) is 0 Å². The molecule has 7 rings (SSSR count). The van der Waals surface area contributed by atoms with E-state index in [9.17, 15) is 14.4 Å². The lowest BCUT2D eigenvalue weighted by molar-refractivity contribution is -0.149. The lowest BCUT2D eigenvalue weighted by Crippen LogP contribution is -2.48. The second-order valence-electron chi connectivity index (χ2n) is 12.2. The molecule has 4 bridgehead atoms. The summed E-state index contributed by atoms with van der Waals surface area (Å²) in [5.41, 5.74) is 5.96. The average molecular weight is 533 g/mol. The van der Waals surface area contributed by atoms with Gasteiger partial charge in [-0.25, -0.2) is 0 Å². The topological polar surface area (TPSA) is 68.6 Å². The zero-order chi connectivity index (χ0) is 26.8. The zero-order valence-corrected chi connectivity index (χ0v) is 23.5. The monoisotopic (exact) mass is 532 g/mol. The molecule has 4 aliphatic carbocycles. The van der Waals surface area contributed by atoms with Crippen LogP contribution in [0.4, 0.5) is 4.79 Å². The van der Waals surface area contributed by atoms with Crippen molar-refractivity contribution >= 4 is 35.0 Å². The Balaban J connectivity index is 1.22. The van der Waals surface area contributed by atoms with Gasteiger partial charge in [-0.3, -0.25) is 19.3 Å². The van der Waals surface area contributed by atoms with Gasteiger partial charge in [0.25, 0.3) is 11.1 Å². The first kappa shape index (κ1) is 25.5. The molecule has 2 amide bonds. The quantitative estimate of drug-likeness (QED) is 0.312. The van der Waals surface area contributed by atoms with Crippen LogP contribution in [0, 0.1) is 31.6 Å². The van der Waals surface area contributed by atoms with Crippen molar-refractivity contribution in [3.05, 3.63) is 57.8 Å². The molecule has 2 aromatic rings. The number of thioether (sulfide) groups is 1. The fourth-order valence-corrected chi connectivity index (χ4v) is 8.80. The van der Waals surface area contributed by atoms with Gasteiger partial charge >= 0.3 is 5.97 Å². The lowest BCUT2D eigenvalue weighted by atomic mass is 9.48. The summed E-state index contributed by atoms with van der Waals surface area (Å²) >= 11 is 0.868. The summed E-state index contributed by atoms with van der Waals surface area (Å²) in [4.78, 5) is 38.7. The van der Waals surface area contributed by atoms with E-state index in [2.05, 4.69) is 35.8 Å². The number of carbonyl (C=O) groups is 3. The maximum Gasteiger partial charge on any atom is 0.326 e.